The van der Waals surface area contributed by atoms with E-state index in [4.69, 9.17) is 18.9 Å². The Bertz CT molecular complexity index is 1810. The first-order valence-corrected chi connectivity index (χ1v) is 13.5. The monoisotopic (exact) mass is 585 g/mol. The molecule has 0 aliphatic rings. The number of ether oxygens (including phenoxy) is 4. The number of esters is 1. The number of hydrogen-bond donors (Lipinski definition) is 1. The van der Waals surface area contributed by atoms with Crippen LogP contribution in [0, 0.1) is 11.3 Å². The summed E-state index contributed by atoms with van der Waals surface area (Å²) in [4.78, 5) is 39.0. The highest BCUT2D eigenvalue weighted by atomic mass is 32.1. The van der Waals surface area contributed by atoms with Crippen molar-refractivity contribution in [3.05, 3.63) is 97.4 Å². The summed E-state index contributed by atoms with van der Waals surface area (Å²) >= 11 is 0.997. The molecule has 0 aliphatic heterocycles. The number of amides is 1. The molecule has 0 saturated heterocycles. The number of thiazole rings is 1. The van der Waals surface area contributed by atoms with Crippen LogP contribution in [0.25, 0.3) is 17.3 Å². The summed E-state index contributed by atoms with van der Waals surface area (Å²) < 4.78 is 23.0. The molecule has 0 saturated carbocycles. The minimum atomic E-state index is -0.716. The number of methoxy groups -OCH3 is 3. The Balaban J connectivity index is 1.87. The number of nitrogens with zero attached hydrogens (tertiary/aromatic N) is 2. The number of nitriles is 1. The predicted molar refractivity (Wildman–Crippen MR) is 159 cm³/mol. The van der Waals surface area contributed by atoms with E-state index < -0.39 is 17.4 Å². The Morgan fingerprint density at radius 1 is 0.976 bits per heavy atom. The fraction of sp³-hybridized carbons (Fsp3) is 0.161. The van der Waals surface area contributed by atoms with Crippen molar-refractivity contribution in [1.29, 1.82) is 5.26 Å². The molecular weight excluding hydrogens is 558 g/mol. The molecule has 10 nitrogen and oxygen atoms in total. The summed E-state index contributed by atoms with van der Waals surface area (Å²) in [5, 5.41) is 12.8. The zero-order chi connectivity index (χ0) is 30.2. The quantitative estimate of drug-likeness (QED) is 0.297. The predicted octanol–water partition coefficient (Wildman–Crippen LogP) is 3.24. The maximum absolute atomic E-state index is 13.7. The van der Waals surface area contributed by atoms with Crippen LogP contribution in [0.4, 0.5) is 5.69 Å². The van der Waals surface area contributed by atoms with Gasteiger partial charge in [0, 0.05) is 5.69 Å². The molecule has 1 amide bonds. The van der Waals surface area contributed by atoms with Gasteiger partial charge in [-0.05, 0) is 67.1 Å². The van der Waals surface area contributed by atoms with Crippen molar-refractivity contribution in [3.63, 3.8) is 0 Å². The average molecular weight is 586 g/mol. The van der Waals surface area contributed by atoms with Crippen LogP contribution in [0.1, 0.15) is 22.8 Å². The Kier molecular flexibility index (Phi) is 9.42. The zero-order valence-corrected chi connectivity index (χ0v) is 24.1. The van der Waals surface area contributed by atoms with E-state index in [1.165, 1.54) is 50.2 Å². The second kappa shape index (κ2) is 13.3. The molecule has 1 aromatic heterocycles. The third-order valence-electron chi connectivity index (χ3n) is 6.03. The van der Waals surface area contributed by atoms with Gasteiger partial charge >= 0.3 is 5.97 Å². The lowest BCUT2D eigenvalue weighted by atomic mass is 10.1. The number of carbonyl (C=O) groups is 2. The molecule has 1 N–H and O–H groups in total. The topological polar surface area (TPSA) is 129 Å². The normalized spacial score (nSPS) is 11.7. The van der Waals surface area contributed by atoms with Crippen molar-refractivity contribution in [1.82, 2.24) is 4.57 Å². The Morgan fingerprint density at radius 3 is 2.17 bits per heavy atom. The number of rotatable bonds is 9. The van der Waals surface area contributed by atoms with Crippen LogP contribution in [0.15, 0.2) is 71.5 Å². The molecular formula is C31H27N3O7S. The lowest BCUT2D eigenvalue weighted by molar-refractivity contribution is -0.111. The molecule has 0 unspecified atom stereocenters. The van der Waals surface area contributed by atoms with Crippen molar-refractivity contribution in [3.8, 4) is 29.0 Å². The first-order chi connectivity index (χ1) is 20.3. The standard InChI is InChI=1S/C31H27N3O7S/c1-5-41-31(37)20-11-13-21(14-12-20)33-28(35)23(18-32)30-34(22-9-7-6-8-10-22)29(36)26(42-30)17-19-15-24(38-2)27(40-4)25(16-19)39-3/h6-17H,5H2,1-4H3,(H,33,35). The molecule has 0 spiro atoms. The number of aromatic nitrogens is 1. The van der Waals surface area contributed by atoms with Gasteiger partial charge in [0.05, 0.1) is 43.7 Å². The minimum Gasteiger partial charge on any atom is -0.493 e. The summed E-state index contributed by atoms with van der Waals surface area (Å²) in [7, 11) is 4.47. The van der Waals surface area contributed by atoms with E-state index in [0.717, 1.165) is 11.3 Å². The Hall–Kier alpha value is -5.34. The lowest BCUT2D eigenvalue weighted by Crippen LogP contribution is -2.32. The summed E-state index contributed by atoms with van der Waals surface area (Å²) in [5.41, 5.74) is 1.06. The summed E-state index contributed by atoms with van der Waals surface area (Å²) in [6, 6.07) is 20.1. The molecule has 3 aromatic carbocycles. The van der Waals surface area contributed by atoms with Crippen molar-refractivity contribution in [2.75, 3.05) is 33.3 Å². The van der Waals surface area contributed by atoms with Gasteiger partial charge < -0.3 is 24.3 Å². The Labute approximate surface area is 245 Å². The first-order valence-electron chi connectivity index (χ1n) is 12.7. The molecule has 1 heterocycles. The maximum atomic E-state index is 13.7. The second-order valence-corrected chi connectivity index (χ2v) is 9.62. The summed E-state index contributed by atoms with van der Waals surface area (Å²) in [5.74, 6) is 0.00668. The number of hydrogen-bond acceptors (Lipinski definition) is 9. The van der Waals surface area contributed by atoms with Crippen molar-refractivity contribution < 1.29 is 28.5 Å². The molecule has 0 fully saturated rings. The largest absolute Gasteiger partial charge is 0.493 e. The molecule has 0 radical (unpaired) electrons. The third-order valence-corrected chi connectivity index (χ3v) is 7.12. The third kappa shape index (κ3) is 6.19. The number of carbonyl (C=O) groups excluding carboxylic acids is 2. The van der Waals surface area contributed by atoms with Crippen LogP contribution in [-0.4, -0.2) is 44.4 Å². The van der Waals surface area contributed by atoms with E-state index in [1.54, 1.807) is 55.5 Å². The van der Waals surface area contributed by atoms with Gasteiger partial charge in [-0.1, -0.05) is 18.2 Å². The van der Waals surface area contributed by atoms with Crippen LogP contribution in [0.3, 0.4) is 0 Å². The van der Waals surface area contributed by atoms with Gasteiger partial charge in [-0.2, -0.15) is 5.26 Å². The molecule has 0 aliphatic carbocycles. The highest BCUT2D eigenvalue weighted by molar-refractivity contribution is 7.07. The fourth-order valence-electron chi connectivity index (χ4n) is 4.09. The molecule has 0 atom stereocenters. The van der Waals surface area contributed by atoms with E-state index in [9.17, 15) is 19.6 Å². The Morgan fingerprint density at radius 2 is 1.62 bits per heavy atom. The molecule has 4 aromatic rings. The molecule has 11 heteroatoms. The smallest absolute Gasteiger partial charge is 0.338 e. The summed E-state index contributed by atoms with van der Waals surface area (Å²) in [6.45, 7) is 1.94. The highest BCUT2D eigenvalue weighted by Gasteiger charge is 2.18. The van der Waals surface area contributed by atoms with Gasteiger partial charge in [0.2, 0.25) is 5.75 Å². The van der Waals surface area contributed by atoms with E-state index in [1.807, 2.05) is 6.07 Å². The molecule has 4 rings (SSSR count). The van der Waals surface area contributed by atoms with E-state index in [2.05, 4.69) is 5.32 Å². The van der Waals surface area contributed by atoms with Crippen LogP contribution < -0.4 is 34.3 Å². The van der Waals surface area contributed by atoms with Crippen molar-refractivity contribution in [2.24, 2.45) is 0 Å². The van der Waals surface area contributed by atoms with Crippen LogP contribution in [0.2, 0.25) is 0 Å². The van der Waals surface area contributed by atoms with Crippen LogP contribution in [0.5, 0.6) is 17.2 Å². The average Bonchev–Trinajstić information content (AvgIpc) is 3.32. The van der Waals surface area contributed by atoms with Crippen LogP contribution >= 0.6 is 11.3 Å². The van der Waals surface area contributed by atoms with Crippen molar-refractivity contribution in [2.45, 2.75) is 6.92 Å². The molecule has 42 heavy (non-hydrogen) atoms. The number of benzene rings is 3. The molecule has 0 bridgehead atoms. The number of para-hydroxylation sites is 1. The summed E-state index contributed by atoms with van der Waals surface area (Å²) in [6.07, 6.45) is 1.63. The maximum Gasteiger partial charge on any atom is 0.338 e. The van der Waals surface area contributed by atoms with Gasteiger partial charge in [-0.25, -0.2) is 4.79 Å². The highest BCUT2D eigenvalue weighted by Crippen LogP contribution is 2.38. The molecule has 214 valence electrons. The zero-order valence-electron chi connectivity index (χ0n) is 23.3. The second-order valence-electron chi connectivity index (χ2n) is 8.59. The number of nitrogens with one attached hydrogen (secondary N) is 1. The van der Waals surface area contributed by atoms with Gasteiger partial charge in [-0.3, -0.25) is 14.2 Å². The fourth-order valence-corrected chi connectivity index (χ4v) is 5.19. The lowest BCUT2D eigenvalue weighted by Gasteiger charge is -2.12. The first kappa shape index (κ1) is 29.6. The van der Waals surface area contributed by atoms with E-state index in [0.29, 0.717) is 39.8 Å². The van der Waals surface area contributed by atoms with Crippen molar-refractivity contribution >= 4 is 40.5 Å². The van der Waals surface area contributed by atoms with Gasteiger partial charge in [0.25, 0.3) is 11.5 Å². The SMILES string of the molecule is CCOC(=O)c1ccc(NC(=O)C(C#N)=c2sc(=Cc3cc(OC)c(OC)c(OC)c3)c(=O)n2-c2ccccc2)cc1. The van der Waals surface area contributed by atoms with Gasteiger partial charge in [-0.15, -0.1) is 11.3 Å². The van der Waals surface area contributed by atoms with Gasteiger partial charge in [0.1, 0.15) is 10.7 Å². The van der Waals surface area contributed by atoms with Crippen LogP contribution in [-0.2, 0) is 9.53 Å². The van der Waals surface area contributed by atoms with E-state index in [-0.39, 0.29) is 21.4 Å². The number of anilines is 1. The van der Waals surface area contributed by atoms with Gasteiger partial charge in [0.15, 0.2) is 17.1 Å². The van der Waals surface area contributed by atoms with E-state index >= 15 is 0 Å². The minimum absolute atomic E-state index is 0.146.